The zero-order valence-corrected chi connectivity index (χ0v) is 11.7. The fourth-order valence-corrected chi connectivity index (χ4v) is 1.84. The Morgan fingerprint density at radius 3 is 2.52 bits per heavy atom. The number of amides is 2. The van der Waals surface area contributed by atoms with E-state index >= 15 is 0 Å². The molecule has 0 aromatic heterocycles. The van der Waals surface area contributed by atoms with Gasteiger partial charge in [-0.3, -0.25) is 0 Å². The Balaban J connectivity index is 2.71. The Bertz CT molecular complexity index is 476. The predicted molar refractivity (Wildman–Crippen MR) is 79.0 cm³/mol. The van der Waals surface area contributed by atoms with Crippen molar-refractivity contribution in [2.75, 3.05) is 19.7 Å². The molecule has 6 nitrogen and oxygen atoms in total. The molecule has 1 rings (SSSR count). The number of benzene rings is 1. The van der Waals surface area contributed by atoms with E-state index in [0.717, 1.165) is 5.56 Å². The number of urea groups is 1. The zero-order chi connectivity index (χ0) is 15.7. The number of carboxylic acid groups (broad SMARTS) is 1. The normalized spacial score (nSPS) is 11.5. The molecule has 0 aliphatic heterocycles. The van der Waals surface area contributed by atoms with Gasteiger partial charge in [0.05, 0.1) is 6.61 Å². The predicted octanol–water partition coefficient (Wildman–Crippen LogP) is 0.872. The van der Waals surface area contributed by atoms with Gasteiger partial charge >= 0.3 is 12.0 Å². The molecule has 0 fully saturated rings. The Hall–Kier alpha value is -2.34. The van der Waals surface area contributed by atoms with Gasteiger partial charge in [-0.15, -0.1) is 6.58 Å². The lowest BCUT2D eigenvalue weighted by molar-refractivity contribution is -0.139. The van der Waals surface area contributed by atoms with E-state index in [4.69, 9.17) is 5.11 Å². The topological polar surface area (TPSA) is 89.9 Å². The molecule has 1 atom stereocenters. The summed E-state index contributed by atoms with van der Waals surface area (Å²) in [6.07, 6.45) is 1.71. The maximum atomic E-state index is 12.0. The molecule has 2 amide bonds. The van der Waals surface area contributed by atoms with Crippen LogP contribution in [0.3, 0.4) is 0 Å². The van der Waals surface area contributed by atoms with Crippen molar-refractivity contribution in [3.63, 3.8) is 0 Å². The molecule has 21 heavy (non-hydrogen) atoms. The van der Waals surface area contributed by atoms with Crippen molar-refractivity contribution in [2.45, 2.75) is 12.5 Å². The number of carbonyl (C=O) groups is 2. The van der Waals surface area contributed by atoms with E-state index in [9.17, 15) is 14.7 Å². The third-order valence-corrected chi connectivity index (χ3v) is 2.89. The average Bonchev–Trinajstić information content (AvgIpc) is 2.47. The molecule has 0 saturated heterocycles. The first-order valence-corrected chi connectivity index (χ1v) is 6.62. The van der Waals surface area contributed by atoms with Crippen molar-refractivity contribution < 1.29 is 19.8 Å². The van der Waals surface area contributed by atoms with Gasteiger partial charge in [0.25, 0.3) is 0 Å². The van der Waals surface area contributed by atoms with Crippen LogP contribution in [-0.2, 0) is 11.2 Å². The van der Waals surface area contributed by atoms with Gasteiger partial charge in [-0.1, -0.05) is 36.4 Å². The van der Waals surface area contributed by atoms with Crippen molar-refractivity contribution in [3.05, 3.63) is 48.6 Å². The van der Waals surface area contributed by atoms with Gasteiger partial charge in [0.1, 0.15) is 6.04 Å². The van der Waals surface area contributed by atoms with Gasteiger partial charge in [-0.25, -0.2) is 9.59 Å². The molecule has 0 aliphatic rings. The van der Waals surface area contributed by atoms with Crippen LogP contribution in [0.2, 0.25) is 0 Å². The molecular weight excluding hydrogens is 272 g/mol. The van der Waals surface area contributed by atoms with Crippen molar-refractivity contribution in [1.29, 1.82) is 0 Å². The number of aliphatic carboxylic acids is 1. The van der Waals surface area contributed by atoms with Crippen LogP contribution < -0.4 is 5.32 Å². The van der Waals surface area contributed by atoms with Gasteiger partial charge in [0, 0.05) is 19.5 Å². The fourth-order valence-electron chi connectivity index (χ4n) is 1.84. The first kappa shape index (κ1) is 16.7. The summed E-state index contributed by atoms with van der Waals surface area (Å²) in [6.45, 7) is 3.69. The number of rotatable bonds is 8. The number of nitrogens with zero attached hydrogens (tertiary/aromatic N) is 1. The lowest BCUT2D eigenvalue weighted by Crippen LogP contribution is -2.49. The SMILES string of the molecule is C=CCN(CCO)C(=O)NC(Cc1ccccc1)C(=O)O. The van der Waals surface area contributed by atoms with E-state index in [-0.39, 0.29) is 26.1 Å². The maximum absolute atomic E-state index is 12.0. The third-order valence-electron chi connectivity index (χ3n) is 2.89. The van der Waals surface area contributed by atoms with Crippen LogP contribution in [0.4, 0.5) is 4.79 Å². The van der Waals surface area contributed by atoms with Crippen LogP contribution in [0.5, 0.6) is 0 Å². The molecule has 1 unspecified atom stereocenters. The highest BCUT2D eigenvalue weighted by Crippen LogP contribution is 2.04. The Labute approximate surface area is 123 Å². The summed E-state index contributed by atoms with van der Waals surface area (Å²) in [4.78, 5) is 24.6. The van der Waals surface area contributed by atoms with E-state index in [1.54, 1.807) is 12.1 Å². The monoisotopic (exact) mass is 292 g/mol. The molecule has 0 bridgehead atoms. The minimum absolute atomic E-state index is 0.121. The zero-order valence-electron chi connectivity index (χ0n) is 11.7. The number of carbonyl (C=O) groups excluding carboxylic acids is 1. The largest absolute Gasteiger partial charge is 0.480 e. The summed E-state index contributed by atoms with van der Waals surface area (Å²) in [5.41, 5.74) is 0.822. The number of nitrogens with one attached hydrogen (secondary N) is 1. The minimum atomic E-state index is -1.10. The molecule has 0 spiro atoms. The summed E-state index contributed by atoms with van der Waals surface area (Å²) in [7, 11) is 0. The van der Waals surface area contributed by atoms with Gasteiger partial charge in [0.2, 0.25) is 0 Å². The summed E-state index contributed by atoms with van der Waals surface area (Å²) < 4.78 is 0. The molecule has 6 heteroatoms. The number of hydrogen-bond acceptors (Lipinski definition) is 3. The minimum Gasteiger partial charge on any atom is -0.480 e. The van der Waals surface area contributed by atoms with Gasteiger partial charge < -0.3 is 20.4 Å². The van der Waals surface area contributed by atoms with Gasteiger partial charge in [0.15, 0.2) is 0 Å². The lowest BCUT2D eigenvalue weighted by Gasteiger charge is -2.23. The number of aliphatic hydroxyl groups is 1. The van der Waals surface area contributed by atoms with Crippen LogP contribution in [0.1, 0.15) is 5.56 Å². The molecule has 0 aliphatic carbocycles. The highest BCUT2D eigenvalue weighted by molar-refractivity contribution is 5.82. The number of carboxylic acids is 1. The van der Waals surface area contributed by atoms with Crippen LogP contribution in [0, 0.1) is 0 Å². The fraction of sp³-hybridized carbons (Fsp3) is 0.333. The quantitative estimate of drug-likeness (QED) is 0.620. The Morgan fingerprint density at radius 1 is 1.33 bits per heavy atom. The smallest absolute Gasteiger partial charge is 0.326 e. The molecule has 0 heterocycles. The van der Waals surface area contributed by atoms with E-state index in [1.165, 1.54) is 11.0 Å². The van der Waals surface area contributed by atoms with Gasteiger partial charge in [-0.05, 0) is 5.56 Å². The van der Waals surface area contributed by atoms with Gasteiger partial charge in [-0.2, -0.15) is 0 Å². The first-order valence-electron chi connectivity index (χ1n) is 6.62. The van der Waals surface area contributed by atoms with Crippen LogP contribution in [-0.4, -0.2) is 52.9 Å². The molecule has 3 N–H and O–H groups in total. The molecule has 1 aromatic carbocycles. The van der Waals surface area contributed by atoms with Crippen molar-refractivity contribution in [2.24, 2.45) is 0 Å². The maximum Gasteiger partial charge on any atom is 0.326 e. The number of aliphatic hydroxyl groups excluding tert-OH is 1. The van der Waals surface area contributed by atoms with Crippen molar-refractivity contribution >= 4 is 12.0 Å². The summed E-state index contributed by atoms with van der Waals surface area (Å²) in [5.74, 6) is -1.10. The summed E-state index contributed by atoms with van der Waals surface area (Å²) >= 11 is 0. The molecule has 114 valence electrons. The van der Waals surface area contributed by atoms with E-state index in [1.807, 2.05) is 18.2 Å². The molecule has 0 radical (unpaired) electrons. The van der Waals surface area contributed by atoms with Crippen LogP contribution in [0.25, 0.3) is 0 Å². The van der Waals surface area contributed by atoms with Crippen LogP contribution >= 0.6 is 0 Å². The lowest BCUT2D eigenvalue weighted by atomic mass is 10.1. The van der Waals surface area contributed by atoms with Crippen molar-refractivity contribution in [3.8, 4) is 0 Å². The second-order valence-electron chi connectivity index (χ2n) is 4.49. The Morgan fingerprint density at radius 2 is 2.00 bits per heavy atom. The van der Waals surface area contributed by atoms with E-state index < -0.39 is 18.0 Å². The second kappa shape index (κ2) is 8.76. The second-order valence-corrected chi connectivity index (χ2v) is 4.49. The standard InChI is InChI=1S/C15H20N2O4/c1-2-8-17(9-10-18)15(21)16-13(14(19)20)11-12-6-4-3-5-7-12/h2-7,13,18H,1,8-11H2,(H,16,21)(H,19,20). The average molecular weight is 292 g/mol. The summed E-state index contributed by atoms with van der Waals surface area (Å²) in [6, 6.07) is 7.51. The van der Waals surface area contributed by atoms with Crippen LogP contribution in [0.15, 0.2) is 43.0 Å². The third kappa shape index (κ3) is 5.66. The first-order chi connectivity index (χ1) is 10.1. The molecule has 1 aromatic rings. The highest BCUT2D eigenvalue weighted by Gasteiger charge is 2.22. The highest BCUT2D eigenvalue weighted by atomic mass is 16.4. The molecule has 0 saturated carbocycles. The molecular formula is C15H20N2O4. The number of hydrogen-bond donors (Lipinski definition) is 3. The Kier molecular flexibility index (Phi) is 6.97. The summed E-state index contributed by atoms with van der Waals surface area (Å²) in [5, 5.41) is 20.6. The van der Waals surface area contributed by atoms with E-state index in [2.05, 4.69) is 11.9 Å². The van der Waals surface area contributed by atoms with E-state index in [0.29, 0.717) is 0 Å². The van der Waals surface area contributed by atoms with Crippen molar-refractivity contribution in [1.82, 2.24) is 10.2 Å².